The number of aliphatic hydroxyl groups is 1. The standard InChI is InChI=1S/C17H18N4O/c1-2-16(22)11-21-7-6-17(20-21)14-5-3-4-13(8-14)15-9-18-12-19-10-15/h3-10,12,16,22H,2,11H2,1H3. The van der Waals surface area contributed by atoms with E-state index in [0.29, 0.717) is 6.54 Å². The van der Waals surface area contributed by atoms with Crippen LogP contribution in [0.15, 0.2) is 55.2 Å². The summed E-state index contributed by atoms with van der Waals surface area (Å²) in [5.74, 6) is 0. The van der Waals surface area contributed by atoms with Gasteiger partial charge in [0.15, 0.2) is 0 Å². The van der Waals surface area contributed by atoms with Crippen LogP contribution in [0.4, 0.5) is 0 Å². The third kappa shape index (κ3) is 3.20. The van der Waals surface area contributed by atoms with Crippen LogP contribution in [0.2, 0.25) is 0 Å². The van der Waals surface area contributed by atoms with E-state index in [2.05, 4.69) is 21.1 Å². The van der Waals surface area contributed by atoms with Crippen LogP contribution in [0.25, 0.3) is 22.4 Å². The molecular formula is C17H18N4O. The van der Waals surface area contributed by atoms with Gasteiger partial charge in [-0.25, -0.2) is 9.97 Å². The van der Waals surface area contributed by atoms with E-state index in [1.807, 2.05) is 37.4 Å². The van der Waals surface area contributed by atoms with Crippen LogP contribution in [-0.4, -0.2) is 31.0 Å². The Morgan fingerprint density at radius 2 is 1.86 bits per heavy atom. The van der Waals surface area contributed by atoms with Gasteiger partial charge in [0.05, 0.1) is 18.3 Å². The first kappa shape index (κ1) is 14.4. The third-order valence-corrected chi connectivity index (χ3v) is 3.56. The van der Waals surface area contributed by atoms with E-state index in [4.69, 9.17) is 0 Å². The summed E-state index contributed by atoms with van der Waals surface area (Å²) < 4.78 is 1.78. The second-order valence-corrected chi connectivity index (χ2v) is 5.19. The second-order valence-electron chi connectivity index (χ2n) is 5.19. The van der Waals surface area contributed by atoms with Crippen LogP contribution in [-0.2, 0) is 6.54 Å². The van der Waals surface area contributed by atoms with Gasteiger partial charge in [-0.05, 0) is 24.1 Å². The fourth-order valence-electron chi connectivity index (χ4n) is 2.27. The van der Waals surface area contributed by atoms with E-state index in [1.54, 1.807) is 17.1 Å². The second kappa shape index (κ2) is 6.49. The minimum Gasteiger partial charge on any atom is -0.391 e. The molecular weight excluding hydrogens is 276 g/mol. The maximum atomic E-state index is 9.71. The molecule has 0 fully saturated rings. The molecule has 1 unspecified atom stereocenters. The molecule has 5 heteroatoms. The van der Waals surface area contributed by atoms with Gasteiger partial charge in [-0.1, -0.05) is 25.1 Å². The van der Waals surface area contributed by atoms with E-state index in [0.717, 1.165) is 28.8 Å². The van der Waals surface area contributed by atoms with Crippen LogP contribution in [0.5, 0.6) is 0 Å². The van der Waals surface area contributed by atoms with Gasteiger partial charge in [0, 0.05) is 29.7 Å². The molecule has 0 saturated heterocycles. The average molecular weight is 294 g/mol. The molecule has 1 atom stereocenters. The van der Waals surface area contributed by atoms with Gasteiger partial charge in [0.1, 0.15) is 6.33 Å². The first-order valence-electron chi connectivity index (χ1n) is 7.33. The summed E-state index contributed by atoms with van der Waals surface area (Å²) in [6.07, 6.45) is 7.37. The fourth-order valence-corrected chi connectivity index (χ4v) is 2.27. The zero-order valence-electron chi connectivity index (χ0n) is 12.4. The summed E-state index contributed by atoms with van der Waals surface area (Å²) >= 11 is 0. The highest BCUT2D eigenvalue weighted by atomic mass is 16.3. The van der Waals surface area contributed by atoms with E-state index in [1.165, 1.54) is 6.33 Å². The molecule has 2 aromatic heterocycles. The van der Waals surface area contributed by atoms with Crippen LogP contribution in [0, 0.1) is 0 Å². The first-order valence-corrected chi connectivity index (χ1v) is 7.33. The maximum Gasteiger partial charge on any atom is 0.115 e. The van der Waals surface area contributed by atoms with Crippen LogP contribution in [0.1, 0.15) is 13.3 Å². The Bertz CT molecular complexity index is 739. The Labute approximate surface area is 129 Å². The van der Waals surface area contributed by atoms with Crippen molar-refractivity contribution in [2.24, 2.45) is 0 Å². The fraction of sp³-hybridized carbons (Fsp3) is 0.235. The quantitative estimate of drug-likeness (QED) is 0.786. The SMILES string of the molecule is CCC(O)Cn1ccc(-c2cccc(-c3cncnc3)c2)n1. The molecule has 22 heavy (non-hydrogen) atoms. The average Bonchev–Trinajstić information content (AvgIpc) is 3.04. The summed E-state index contributed by atoms with van der Waals surface area (Å²) in [7, 11) is 0. The van der Waals surface area contributed by atoms with Crippen molar-refractivity contribution in [3.63, 3.8) is 0 Å². The normalized spacial score (nSPS) is 12.3. The summed E-state index contributed by atoms with van der Waals surface area (Å²) in [5, 5.41) is 14.2. The molecule has 0 aliphatic rings. The van der Waals surface area contributed by atoms with E-state index < -0.39 is 0 Å². The predicted octanol–water partition coefficient (Wildman–Crippen LogP) is 2.78. The summed E-state index contributed by atoms with van der Waals surface area (Å²) in [5.41, 5.74) is 3.96. The molecule has 112 valence electrons. The molecule has 1 aromatic carbocycles. The Morgan fingerprint density at radius 1 is 1.09 bits per heavy atom. The number of benzene rings is 1. The van der Waals surface area contributed by atoms with Gasteiger partial charge in [0.2, 0.25) is 0 Å². The van der Waals surface area contributed by atoms with Crippen molar-refractivity contribution in [3.8, 4) is 22.4 Å². The highest BCUT2D eigenvalue weighted by Gasteiger charge is 2.07. The molecule has 2 heterocycles. The lowest BCUT2D eigenvalue weighted by Crippen LogP contribution is -2.14. The largest absolute Gasteiger partial charge is 0.391 e. The van der Waals surface area contributed by atoms with Gasteiger partial charge in [0.25, 0.3) is 0 Å². The number of aromatic nitrogens is 4. The lowest BCUT2D eigenvalue weighted by Gasteiger charge is -2.07. The minimum atomic E-state index is -0.361. The molecule has 0 radical (unpaired) electrons. The van der Waals surface area contributed by atoms with Crippen molar-refractivity contribution in [2.75, 3.05) is 0 Å². The zero-order chi connectivity index (χ0) is 15.4. The van der Waals surface area contributed by atoms with E-state index in [-0.39, 0.29) is 6.10 Å². The third-order valence-electron chi connectivity index (χ3n) is 3.56. The van der Waals surface area contributed by atoms with Crippen LogP contribution >= 0.6 is 0 Å². The van der Waals surface area contributed by atoms with Crippen molar-refractivity contribution in [3.05, 3.63) is 55.2 Å². The van der Waals surface area contributed by atoms with Crippen molar-refractivity contribution in [1.29, 1.82) is 0 Å². The molecule has 5 nitrogen and oxygen atoms in total. The monoisotopic (exact) mass is 294 g/mol. The highest BCUT2D eigenvalue weighted by molar-refractivity contribution is 5.70. The van der Waals surface area contributed by atoms with Crippen molar-refractivity contribution in [2.45, 2.75) is 26.0 Å². The Hall–Kier alpha value is -2.53. The van der Waals surface area contributed by atoms with E-state index >= 15 is 0 Å². The van der Waals surface area contributed by atoms with Crippen molar-refractivity contribution < 1.29 is 5.11 Å². The van der Waals surface area contributed by atoms with Gasteiger partial charge < -0.3 is 5.11 Å². The number of aliphatic hydroxyl groups excluding tert-OH is 1. The Balaban J connectivity index is 1.87. The van der Waals surface area contributed by atoms with Crippen molar-refractivity contribution in [1.82, 2.24) is 19.7 Å². The molecule has 0 amide bonds. The molecule has 0 saturated carbocycles. The van der Waals surface area contributed by atoms with Gasteiger partial charge in [-0.15, -0.1) is 0 Å². The molecule has 0 aliphatic heterocycles. The maximum absolute atomic E-state index is 9.71. The highest BCUT2D eigenvalue weighted by Crippen LogP contribution is 2.24. The minimum absolute atomic E-state index is 0.361. The zero-order valence-corrected chi connectivity index (χ0v) is 12.4. The van der Waals surface area contributed by atoms with Crippen LogP contribution < -0.4 is 0 Å². The molecule has 0 aliphatic carbocycles. The molecule has 3 aromatic rings. The first-order chi connectivity index (χ1) is 10.8. The van der Waals surface area contributed by atoms with E-state index in [9.17, 15) is 5.11 Å². The molecule has 0 bridgehead atoms. The lowest BCUT2D eigenvalue weighted by atomic mass is 10.0. The van der Waals surface area contributed by atoms with Gasteiger partial charge in [-0.3, -0.25) is 4.68 Å². The topological polar surface area (TPSA) is 63.8 Å². The van der Waals surface area contributed by atoms with Gasteiger partial charge in [-0.2, -0.15) is 5.10 Å². The molecule has 0 spiro atoms. The molecule has 3 rings (SSSR count). The number of hydrogen-bond donors (Lipinski definition) is 1. The summed E-state index contributed by atoms with van der Waals surface area (Å²) in [6, 6.07) is 10.1. The number of rotatable bonds is 5. The number of nitrogens with zero attached hydrogens (tertiary/aromatic N) is 4. The Morgan fingerprint density at radius 3 is 2.64 bits per heavy atom. The summed E-state index contributed by atoms with van der Waals surface area (Å²) in [4.78, 5) is 8.10. The van der Waals surface area contributed by atoms with Gasteiger partial charge >= 0.3 is 0 Å². The molecule has 1 N–H and O–H groups in total. The van der Waals surface area contributed by atoms with Crippen LogP contribution in [0.3, 0.4) is 0 Å². The van der Waals surface area contributed by atoms with Crippen molar-refractivity contribution >= 4 is 0 Å². The Kier molecular flexibility index (Phi) is 4.25. The smallest absolute Gasteiger partial charge is 0.115 e. The lowest BCUT2D eigenvalue weighted by molar-refractivity contribution is 0.145. The number of hydrogen-bond acceptors (Lipinski definition) is 4. The predicted molar refractivity (Wildman–Crippen MR) is 85.0 cm³/mol. The summed E-state index contributed by atoms with van der Waals surface area (Å²) in [6.45, 7) is 2.48.